The van der Waals surface area contributed by atoms with Gasteiger partial charge in [0.2, 0.25) is 0 Å². The topological polar surface area (TPSA) is 59.3 Å². The van der Waals surface area contributed by atoms with Crippen LogP contribution in [0.15, 0.2) is 12.2 Å². The van der Waals surface area contributed by atoms with Crippen LogP contribution in [0.4, 0.5) is 0 Å². The molecule has 4 nitrogen and oxygen atoms in total. The summed E-state index contributed by atoms with van der Waals surface area (Å²) in [6.07, 6.45) is 4.34. The maximum atomic E-state index is 10.6. The molecule has 0 spiro atoms. The highest BCUT2D eigenvalue weighted by Gasteiger charge is 1.94. The van der Waals surface area contributed by atoms with Gasteiger partial charge in [0.05, 0.1) is 0 Å². The van der Waals surface area contributed by atoms with Crippen molar-refractivity contribution in [2.75, 3.05) is 13.2 Å². The third kappa shape index (κ3) is 6.38. The fraction of sp³-hybridized carbons (Fsp3) is 0.429. The SMILES string of the molecule is CC=CC(=O)OCCOC#N. The zero-order valence-corrected chi connectivity index (χ0v) is 6.24. The molecule has 0 aromatic carbocycles. The monoisotopic (exact) mass is 155 g/mol. The molecule has 60 valence electrons. The summed E-state index contributed by atoms with van der Waals surface area (Å²) < 4.78 is 8.85. The van der Waals surface area contributed by atoms with Crippen LogP contribution in [0, 0.1) is 11.5 Å². The maximum Gasteiger partial charge on any atom is 0.330 e. The van der Waals surface area contributed by atoms with Gasteiger partial charge < -0.3 is 9.47 Å². The standard InChI is InChI=1S/C7H9NO3/c1-2-3-7(9)11-5-4-10-6-8/h2-3H,4-5H2,1H3. The number of hydrogen-bond acceptors (Lipinski definition) is 4. The van der Waals surface area contributed by atoms with E-state index in [4.69, 9.17) is 5.26 Å². The highest BCUT2D eigenvalue weighted by atomic mass is 16.6. The Bertz CT molecular complexity index is 181. The van der Waals surface area contributed by atoms with Gasteiger partial charge in [-0.05, 0) is 6.92 Å². The van der Waals surface area contributed by atoms with Crippen LogP contribution in [-0.4, -0.2) is 19.2 Å². The van der Waals surface area contributed by atoms with Crippen LogP contribution in [0.25, 0.3) is 0 Å². The van der Waals surface area contributed by atoms with Crippen molar-refractivity contribution in [3.05, 3.63) is 12.2 Å². The lowest BCUT2D eigenvalue weighted by Crippen LogP contribution is -2.06. The summed E-state index contributed by atoms with van der Waals surface area (Å²) in [5.74, 6) is -0.422. The Morgan fingerprint density at radius 2 is 2.36 bits per heavy atom. The van der Waals surface area contributed by atoms with Gasteiger partial charge >= 0.3 is 5.97 Å². The number of carbonyl (C=O) groups excluding carboxylic acids is 1. The Morgan fingerprint density at radius 1 is 1.64 bits per heavy atom. The van der Waals surface area contributed by atoms with E-state index in [1.807, 2.05) is 0 Å². The minimum absolute atomic E-state index is 0.108. The van der Waals surface area contributed by atoms with E-state index in [1.165, 1.54) is 12.3 Å². The normalized spacial score (nSPS) is 9.09. The molecule has 0 heterocycles. The Hall–Kier alpha value is -1.50. The van der Waals surface area contributed by atoms with Crippen LogP contribution < -0.4 is 0 Å². The number of rotatable bonds is 4. The van der Waals surface area contributed by atoms with Crippen LogP contribution in [-0.2, 0) is 14.3 Å². The van der Waals surface area contributed by atoms with E-state index in [1.54, 1.807) is 13.0 Å². The van der Waals surface area contributed by atoms with Crippen molar-refractivity contribution >= 4 is 5.97 Å². The number of nitrogens with zero attached hydrogens (tertiary/aromatic N) is 1. The number of ether oxygens (including phenoxy) is 2. The van der Waals surface area contributed by atoms with E-state index in [0.717, 1.165) is 0 Å². The van der Waals surface area contributed by atoms with Gasteiger partial charge in [-0.15, -0.1) is 0 Å². The molecule has 0 amide bonds. The predicted octanol–water partition coefficient (Wildman–Crippen LogP) is 0.603. The minimum atomic E-state index is -0.422. The van der Waals surface area contributed by atoms with Crippen LogP contribution in [0.1, 0.15) is 6.92 Å². The Labute approximate surface area is 65.0 Å². The molecule has 0 aliphatic heterocycles. The van der Waals surface area contributed by atoms with Gasteiger partial charge in [0.1, 0.15) is 13.2 Å². The first-order valence-electron chi connectivity index (χ1n) is 3.11. The van der Waals surface area contributed by atoms with E-state index in [0.29, 0.717) is 0 Å². The molecule has 0 fully saturated rings. The zero-order valence-electron chi connectivity index (χ0n) is 6.24. The quantitative estimate of drug-likeness (QED) is 0.258. The van der Waals surface area contributed by atoms with Crippen LogP contribution in [0.2, 0.25) is 0 Å². The average molecular weight is 155 g/mol. The van der Waals surface area contributed by atoms with Crippen molar-refractivity contribution in [1.82, 2.24) is 0 Å². The molecule has 0 aromatic rings. The molecule has 0 aliphatic carbocycles. The molecule has 0 atom stereocenters. The second kappa shape index (κ2) is 6.62. The van der Waals surface area contributed by atoms with Crippen molar-refractivity contribution in [2.24, 2.45) is 0 Å². The molecule has 0 aliphatic rings. The van der Waals surface area contributed by atoms with Gasteiger partial charge in [0, 0.05) is 6.08 Å². The Morgan fingerprint density at radius 3 is 2.91 bits per heavy atom. The largest absolute Gasteiger partial charge is 0.459 e. The smallest absolute Gasteiger partial charge is 0.330 e. The van der Waals surface area contributed by atoms with E-state index >= 15 is 0 Å². The predicted molar refractivity (Wildman–Crippen MR) is 37.3 cm³/mol. The molecule has 4 heteroatoms. The van der Waals surface area contributed by atoms with Crippen molar-refractivity contribution in [3.63, 3.8) is 0 Å². The number of nitriles is 1. The number of hydrogen-bond donors (Lipinski definition) is 0. The highest BCUT2D eigenvalue weighted by molar-refractivity contribution is 5.81. The average Bonchev–Trinajstić information content (AvgIpc) is 1.99. The van der Waals surface area contributed by atoms with Gasteiger partial charge in [0.15, 0.2) is 0 Å². The lowest BCUT2D eigenvalue weighted by molar-refractivity contribution is -0.138. The highest BCUT2D eigenvalue weighted by Crippen LogP contribution is 1.81. The number of carbonyl (C=O) groups is 1. The molecule has 0 rings (SSSR count). The molecule has 0 N–H and O–H groups in total. The van der Waals surface area contributed by atoms with Crippen LogP contribution >= 0.6 is 0 Å². The van der Waals surface area contributed by atoms with Crippen molar-refractivity contribution in [3.8, 4) is 6.26 Å². The molecule has 0 saturated heterocycles. The molecular weight excluding hydrogens is 146 g/mol. The van der Waals surface area contributed by atoms with Gasteiger partial charge in [-0.3, -0.25) is 0 Å². The molecule has 0 radical (unpaired) electrons. The summed E-state index contributed by atoms with van der Waals surface area (Å²) in [5.41, 5.74) is 0. The first-order chi connectivity index (χ1) is 5.31. The van der Waals surface area contributed by atoms with Gasteiger partial charge in [-0.2, -0.15) is 5.26 Å². The second-order valence-electron chi connectivity index (χ2n) is 1.61. The zero-order chi connectivity index (χ0) is 8.53. The summed E-state index contributed by atoms with van der Waals surface area (Å²) in [6.45, 7) is 1.93. The third-order valence-corrected chi connectivity index (χ3v) is 0.797. The van der Waals surface area contributed by atoms with E-state index in [-0.39, 0.29) is 13.2 Å². The lowest BCUT2D eigenvalue weighted by Gasteiger charge is -1.97. The summed E-state index contributed by atoms with van der Waals surface area (Å²) in [5, 5.41) is 7.91. The first-order valence-corrected chi connectivity index (χ1v) is 3.11. The minimum Gasteiger partial charge on any atom is -0.459 e. The number of esters is 1. The molecule has 0 unspecified atom stereocenters. The summed E-state index contributed by atoms with van der Waals surface area (Å²) in [7, 11) is 0. The Kier molecular flexibility index (Phi) is 5.72. The molecular formula is C7H9NO3. The summed E-state index contributed by atoms with van der Waals surface area (Å²) in [6, 6.07) is 0. The van der Waals surface area contributed by atoms with Gasteiger partial charge in [0.25, 0.3) is 6.26 Å². The summed E-state index contributed by atoms with van der Waals surface area (Å²) >= 11 is 0. The lowest BCUT2D eigenvalue weighted by atomic mass is 10.5. The molecule has 11 heavy (non-hydrogen) atoms. The fourth-order valence-corrected chi connectivity index (χ4v) is 0.414. The van der Waals surface area contributed by atoms with E-state index in [9.17, 15) is 4.79 Å². The van der Waals surface area contributed by atoms with Gasteiger partial charge in [-0.25, -0.2) is 4.79 Å². The van der Waals surface area contributed by atoms with Crippen molar-refractivity contribution in [1.29, 1.82) is 5.26 Å². The van der Waals surface area contributed by atoms with E-state index in [2.05, 4.69) is 9.47 Å². The number of allylic oxidation sites excluding steroid dienone is 1. The first kappa shape index (κ1) is 9.50. The van der Waals surface area contributed by atoms with Crippen molar-refractivity contribution in [2.45, 2.75) is 6.92 Å². The molecule has 0 saturated carbocycles. The Balaban J connectivity index is 3.26. The van der Waals surface area contributed by atoms with Gasteiger partial charge in [-0.1, -0.05) is 6.08 Å². The van der Waals surface area contributed by atoms with Crippen LogP contribution in [0.5, 0.6) is 0 Å². The van der Waals surface area contributed by atoms with Crippen LogP contribution in [0.3, 0.4) is 0 Å². The maximum absolute atomic E-state index is 10.6. The molecule has 0 bridgehead atoms. The fourth-order valence-electron chi connectivity index (χ4n) is 0.414. The molecule has 0 aromatic heterocycles. The third-order valence-electron chi connectivity index (χ3n) is 0.797. The summed E-state index contributed by atoms with van der Waals surface area (Å²) in [4.78, 5) is 10.6. The second-order valence-corrected chi connectivity index (χ2v) is 1.61. The van der Waals surface area contributed by atoms with Crippen molar-refractivity contribution < 1.29 is 14.3 Å². The van der Waals surface area contributed by atoms with E-state index < -0.39 is 5.97 Å².